The standard InChI is InChI=1S/C15H23N3O3/c1-12(11-14(19)20)17-15(21)16-9-6-10-18(2)13-7-4-3-5-8-13/h3-5,7-8,12H,6,9-11H2,1-2H3,(H,19,20)(H2,16,17,21). The molecule has 0 aliphatic carbocycles. The first-order chi connectivity index (χ1) is 9.99. The van der Waals surface area contributed by atoms with Crippen LogP contribution in [0.15, 0.2) is 30.3 Å². The monoisotopic (exact) mass is 293 g/mol. The summed E-state index contributed by atoms with van der Waals surface area (Å²) in [6.45, 7) is 3.04. The molecule has 1 rings (SSSR count). The maximum atomic E-state index is 11.5. The van der Waals surface area contributed by atoms with Gasteiger partial charge in [-0.15, -0.1) is 0 Å². The molecule has 0 radical (unpaired) electrons. The number of hydrogen-bond acceptors (Lipinski definition) is 3. The minimum atomic E-state index is -0.924. The molecule has 1 unspecified atom stereocenters. The van der Waals surface area contributed by atoms with Crippen LogP contribution in [0.5, 0.6) is 0 Å². The van der Waals surface area contributed by atoms with Gasteiger partial charge in [-0.25, -0.2) is 4.79 Å². The third kappa shape index (κ3) is 7.20. The van der Waals surface area contributed by atoms with E-state index < -0.39 is 5.97 Å². The van der Waals surface area contributed by atoms with Crippen LogP contribution in [0, 0.1) is 0 Å². The van der Waals surface area contributed by atoms with Crippen molar-refractivity contribution in [1.82, 2.24) is 10.6 Å². The van der Waals surface area contributed by atoms with Crippen LogP contribution in [-0.4, -0.2) is 43.3 Å². The molecule has 0 aliphatic heterocycles. The fraction of sp³-hybridized carbons (Fsp3) is 0.467. The van der Waals surface area contributed by atoms with Crippen LogP contribution in [-0.2, 0) is 4.79 Å². The van der Waals surface area contributed by atoms with Gasteiger partial charge in [-0.1, -0.05) is 18.2 Å². The average molecular weight is 293 g/mol. The molecule has 0 saturated heterocycles. The van der Waals surface area contributed by atoms with Gasteiger partial charge in [0.05, 0.1) is 6.42 Å². The van der Waals surface area contributed by atoms with Crippen molar-refractivity contribution in [3.63, 3.8) is 0 Å². The zero-order valence-corrected chi connectivity index (χ0v) is 12.5. The Morgan fingerprint density at radius 2 is 1.95 bits per heavy atom. The van der Waals surface area contributed by atoms with E-state index in [1.807, 2.05) is 37.4 Å². The van der Waals surface area contributed by atoms with E-state index in [2.05, 4.69) is 15.5 Å². The van der Waals surface area contributed by atoms with Crippen molar-refractivity contribution in [2.24, 2.45) is 0 Å². The van der Waals surface area contributed by atoms with Crippen molar-refractivity contribution in [2.45, 2.75) is 25.8 Å². The molecule has 6 nitrogen and oxygen atoms in total. The number of carbonyl (C=O) groups is 2. The highest BCUT2D eigenvalue weighted by molar-refractivity contribution is 5.75. The van der Waals surface area contributed by atoms with E-state index in [-0.39, 0.29) is 18.5 Å². The lowest BCUT2D eigenvalue weighted by atomic mass is 10.2. The molecule has 0 aliphatic rings. The van der Waals surface area contributed by atoms with Gasteiger partial charge in [0, 0.05) is 31.9 Å². The van der Waals surface area contributed by atoms with Gasteiger partial charge in [0.2, 0.25) is 0 Å². The Bertz CT molecular complexity index is 451. The highest BCUT2D eigenvalue weighted by Crippen LogP contribution is 2.10. The Hall–Kier alpha value is -2.24. The molecule has 21 heavy (non-hydrogen) atoms. The number of carboxylic acid groups (broad SMARTS) is 1. The van der Waals surface area contributed by atoms with Gasteiger partial charge >= 0.3 is 12.0 Å². The van der Waals surface area contributed by atoms with Crippen molar-refractivity contribution < 1.29 is 14.7 Å². The normalized spacial score (nSPS) is 11.5. The number of aliphatic carboxylic acids is 1. The zero-order valence-electron chi connectivity index (χ0n) is 12.5. The summed E-state index contributed by atoms with van der Waals surface area (Å²) in [4.78, 5) is 24.1. The number of carbonyl (C=O) groups excluding carboxylic acids is 1. The largest absolute Gasteiger partial charge is 0.481 e. The molecule has 3 N–H and O–H groups in total. The van der Waals surface area contributed by atoms with Gasteiger partial charge < -0.3 is 20.6 Å². The van der Waals surface area contributed by atoms with Crippen molar-refractivity contribution in [1.29, 1.82) is 0 Å². The first kappa shape index (κ1) is 16.8. The maximum absolute atomic E-state index is 11.5. The molecular formula is C15H23N3O3. The molecule has 0 saturated carbocycles. The van der Waals surface area contributed by atoms with Gasteiger partial charge in [-0.2, -0.15) is 0 Å². The van der Waals surface area contributed by atoms with Gasteiger partial charge in [0.15, 0.2) is 0 Å². The van der Waals surface area contributed by atoms with E-state index >= 15 is 0 Å². The van der Waals surface area contributed by atoms with Gasteiger partial charge in [-0.05, 0) is 25.5 Å². The summed E-state index contributed by atoms with van der Waals surface area (Å²) >= 11 is 0. The van der Waals surface area contributed by atoms with Crippen molar-refractivity contribution in [3.05, 3.63) is 30.3 Å². The number of para-hydroxylation sites is 1. The number of nitrogens with zero attached hydrogens (tertiary/aromatic N) is 1. The van der Waals surface area contributed by atoms with Crippen LogP contribution in [0.4, 0.5) is 10.5 Å². The lowest BCUT2D eigenvalue weighted by Gasteiger charge is -2.19. The Morgan fingerprint density at radius 1 is 1.29 bits per heavy atom. The Morgan fingerprint density at radius 3 is 2.57 bits per heavy atom. The highest BCUT2D eigenvalue weighted by atomic mass is 16.4. The Balaban J connectivity index is 2.16. The molecule has 1 aromatic carbocycles. The smallest absolute Gasteiger partial charge is 0.315 e. The first-order valence-corrected chi connectivity index (χ1v) is 7.01. The molecule has 0 bridgehead atoms. The zero-order chi connectivity index (χ0) is 15.7. The Labute approximate surface area is 125 Å². The quantitative estimate of drug-likeness (QED) is 0.637. The SMILES string of the molecule is CC(CC(=O)O)NC(=O)NCCCN(C)c1ccccc1. The number of amides is 2. The van der Waals surface area contributed by atoms with E-state index in [1.54, 1.807) is 6.92 Å². The Kier molecular flexibility index (Phi) is 7.08. The van der Waals surface area contributed by atoms with Crippen molar-refractivity contribution >= 4 is 17.7 Å². The van der Waals surface area contributed by atoms with E-state index in [4.69, 9.17) is 5.11 Å². The van der Waals surface area contributed by atoms with Crippen molar-refractivity contribution in [2.75, 3.05) is 25.0 Å². The minimum Gasteiger partial charge on any atom is -0.481 e. The fourth-order valence-electron chi connectivity index (χ4n) is 1.92. The molecule has 0 fully saturated rings. The fourth-order valence-corrected chi connectivity index (χ4v) is 1.92. The van der Waals surface area contributed by atoms with Gasteiger partial charge in [0.1, 0.15) is 0 Å². The number of nitrogens with one attached hydrogen (secondary N) is 2. The second kappa shape index (κ2) is 8.84. The molecule has 2 amide bonds. The van der Waals surface area contributed by atoms with Crippen LogP contribution in [0.25, 0.3) is 0 Å². The predicted molar refractivity (Wildman–Crippen MR) is 82.6 cm³/mol. The molecule has 1 aromatic rings. The molecule has 6 heteroatoms. The van der Waals surface area contributed by atoms with Gasteiger partial charge in [0.25, 0.3) is 0 Å². The number of benzene rings is 1. The van der Waals surface area contributed by atoms with E-state index in [0.717, 1.165) is 18.7 Å². The molecule has 0 aromatic heterocycles. The minimum absolute atomic E-state index is 0.0792. The number of urea groups is 1. The topological polar surface area (TPSA) is 81.7 Å². The molecule has 116 valence electrons. The van der Waals surface area contributed by atoms with Gasteiger partial charge in [-0.3, -0.25) is 4.79 Å². The third-order valence-corrected chi connectivity index (χ3v) is 3.01. The van der Waals surface area contributed by atoms with Crippen LogP contribution < -0.4 is 15.5 Å². The highest BCUT2D eigenvalue weighted by Gasteiger charge is 2.10. The number of rotatable bonds is 8. The van der Waals surface area contributed by atoms with Crippen LogP contribution >= 0.6 is 0 Å². The van der Waals surface area contributed by atoms with E-state index in [1.165, 1.54) is 0 Å². The summed E-state index contributed by atoms with van der Waals surface area (Å²) in [5.41, 5.74) is 1.14. The summed E-state index contributed by atoms with van der Waals surface area (Å²) in [5.74, 6) is -0.924. The second-order valence-corrected chi connectivity index (χ2v) is 5.01. The summed E-state index contributed by atoms with van der Waals surface area (Å²) in [6, 6.07) is 9.31. The second-order valence-electron chi connectivity index (χ2n) is 5.01. The lowest BCUT2D eigenvalue weighted by molar-refractivity contribution is -0.137. The summed E-state index contributed by atoms with van der Waals surface area (Å²) in [7, 11) is 2.00. The summed E-state index contributed by atoms with van der Waals surface area (Å²) in [5, 5.41) is 13.9. The third-order valence-electron chi connectivity index (χ3n) is 3.01. The lowest BCUT2D eigenvalue weighted by Crippen LogP contribution is -2.42. The first-order valence-electron chi connectivity index (χ1n) is 7.01. The number of hydrogen-bond donors (Lipinski definition) is 3. The molecule has 1 atom stereocenters. The van der Waals surface area contributed by atoms with Crippen molar-refractivity contribution in [3.8, 4) is 0 Å². The molecule has 0 heterocycles. The summed E-state index contributed by atoms with van der Waals surface area (Å²) < 4.78 is 0. The molecule has 0 spiro atoms. The van der Waals surface area contributed by atoms with Crippen LogP contribution in [0.2, 0.25) is 0 Å². The maximum Gasteiger partial charge on any atom is 0.315 e. The number of anilines is 1. The predicted octanol–water partition coefficient (Wildman–Crippen LogP) is 1.68. The summed E-state index contributed by atoms with van der Waals surface area (Å²) in [6.07, 6.45) is 0.732. The van der Waals surface area contributed by atoms with Crippen LogP contribution in [0.1, 0.15) is 19.8 Å². The average Bonchev–Trinajstić information content (AvgIpc) is 2.43. The van der Waals surface area contributed by atoms with E-state index in [0.29, 0.717) is 6.54 Å². The number of carboxylic acids is 1. The molecular weight excluding hydrogens is 270 g/mol. The van der Waals surface area contributed by atoms with E-state index in [9.17, 15) is 9.59 Å². The van der Waals surface area contributed by atoms with Crippen LogP contribution in [0.3, 0.4) is 0 Å².